The van der Waals surface area contributed by atoms with Gasteiger partial charge in [0.1, 0.15) is 17.1 Å². The molecule has 0 radical (unpaired) electrons. The van der Waals surface area contributed by atoms with E-state index in [0.29, 0.717) is 63.8 Å². The van der Waals surface area contributed by atoms with E-state index in [4.69, 9.17) is 10.00 Å². The predicted octanol–water partition coefficient (Wildman–Crippen LogP) is 3.05. The number of rotatable bonds is 2. The Morgan fingerprint density at radius 2 is 2.06 bits per heavy atom. The van der Waals surface area contributed by atoms with Gasteiger partial charge in [0.05, 0.1) is 41.5 Å². The van der Waals surface area contributed by atoms with Crippen molar-refractivity contribution in [1.82, 2.24) is 29.5 Å². The lowest BCUT2D eigenvalue weighted by Gasteiger charge is -2.26. The van der Waals surface area contributed by atoms with E-state index in [0.717, 1.165) is 0 Å². The summed E-state index contributed by atoms with van der Waals surface area (Å²) in [5, 5.41) is 9.11. The normalized spacial score (nSPS) is 15.4. The van der Waals surface area contributed by atoms with Crippen molar-refractivity contribution in [3.63, 3.8) is 0 Å². The third-order valence-electron chi connectivity index (χ3n) is 5.58. The molecule has 0 bridgehead atoms. The molecule has 9 nitrogen and oxygen atoms in total. The van der Waals surface area contributed by atoms with Crippen LogP contribution in [0.25, 0.3) is 33.8 Å². The van der Waals surface area contributed by atoms with Gasteiger partial charge in [-0.05, 0) is 24.3 Å². The van der Waals surface area contributed by atoms with Gasteiger partial charge in [-0.15, -0.1) is 0 Å². The minimum Gasteiger partial charge on any atom is -0.493 e. The van der Waals surface area contributed by atoms with E-state index in [1.165, 1.54) is 18.3 Å². The molecule has 0 saturated heterocycles. The molecule has 2 aromatic carbocycles. The van der Waals surface area contributed by atoms with Crippen molar-refractivity contribution in [1.29, 1.82) is 5.26 Å². The Balaban J connectivity index is 1.51. The average Bonchev–Trinajstić information content (AvgIpc) is 3.37. The number of nitrogens with zero attached hydrogens (tertiary/aromatic N) is 5. The van der Waals surface area contributed by atoms with Crippen LogP contribution in [0.5, 0.6) is 5.75 Å². The second kappa shape index (κ2) is 6.75. The van der Waals surface area contributed by atoms with Gasteiger partial charge < -0.3 is 14.7 Å². The molecule has 0 saturated carbocycles. The molecule has 5 aromatic rings. The molecule has 1 aliphatic rings. The second-order valence-corrected chi connectivity index (χ2v) is 7.50. The van der Waals surface area contributed by atoms with Gasteiger partial charge in [0.2, 0.25) is 0 Å². The van der Waals surface area contributed by atoms with Crippen LogP contribution >= 0.6 is 0 Å². The lowest BCUT2D eigenvalue weighted by atomic mass is 10.0. The maximum atomic E-state index is 13.7. The van der Waals surface area contributed by atoms with Crippen molar-refractivity contribution < 1.29 is 9.13 Å². The second-order valence-electron chi connectivity index (χ2n) is 7.50. The predicted molar refractivity (Wildman–Crippen MR) is 113 cm³/mol. The van der Waals surface area contributed by atoms with Gasteiger partial charge in [-0.1, -0.05) is 6.07 Å². The van der Waals surface area contributed by atoms with Crippen molar-refractivity contribution in [2.24, 2.45) is 0 Å². The first kappa shape index (κ1) is 18.3. The minimum atomic E-state index is -0.398. The number of aromatic nitrogens is 6. The highest BCUT2D eigenvalue weighted by atomic mass is 19.1. The topological polar surface area (TPSA) is 125 Å². The van der Waals surface area contributed by atoms with E-state index >= 15 is 0 Å². The summed E-state index contributed by atoms with van der Waals surface area (Å²) in [4.78, 5) is 32.2. The summed E-state index contributed by atoms with van der Waals surface area (Å²) in [5.74, 6) is 0.755. The van der Waals surface area contributed by atoms with E-state index in [1.807, 2.05) is 0 Å². The number of ether oxygens (including phenoxy) is 1. The number of nitriles is 1. The zero-order valence-corrected chi connectivity index (χ0v) is 16.5. The summed E-state index contributed by atoms with van der Waals surface area (Å²) in [6, 6.07) is 11.2. The number of fused-ring (bicyclic) bond motifs is 3. The van der Waals surface area contributed by atoms with Gasteiger partial charge in [0.15, 0.2) is 17.3 Å². The summed E-state index contributed by atoms with van der Waals surface area (Å²) < 4.78 is 20.8. The van der Waals surface area contributed by atoms with Crippen molar-refractivity contribution in [3.05, 3.63) is 70.0 Å². The highest BCUT2D eigenvalue weighted by molar-refractivity contribution is 5.80. The summed E-state index contributed by atoms with van der Waals surface area (Å²) in [6.07, 6.45) is 2.07. The van der Waals surface area contributed by atoms with Crippen LogP contribution in [0.4, 0.5) is 4.39 Å². The molecule has 0 spiro atoms. The number of halogens is 1. The van der Waals surface area contributed by atoms with E-state index in [-0.39, 0.29) is 11.7 Å². The Hall–Kier alpha value is -4.52. The molecule has 1 atom stereocenters. The quantitative estimate of drug-likeness (QED) is 0.446. The monoisotopic (exact) mass is 427 g/mol. The van der Waals surface area contributed by atoms with Crippen LogP contribution in [0, 0.1) is 17.1 Å². The highest BCUT2D eigenvalue weighted by Crippen LogP contribution is 2.35. The molecule has 1 aliphatic heterocycles. The van der Waals surface area contributed by atoms with Crippen molar-refractivity contribution in [2.75, 3.05) is 6.61 Å². The van der Waals surface area contributed by atoms with Gasteiger partial charge >= 0.3 is 5.69 Å². The number of nitrogens with one attached hydrogen (secondary N) is 2. The van der Waals surface area contributed by atoms with Crippen LogP contribution in [-0.2, 0) is 0 Å². The van der Waals surface area contributed by atoms with Crippen LogP contribution in [0.1, 0.15) is 23.6 Å². The molecule has 2 N–H and O–H groups in total. The maximum absolute atomic E-state index is 13.7. The zero-order chi connectivity index (χ0) is 21.8. The Bertz CT molecular complexity index is 1630. The fraction of sp³-hybridized carbons (Fsp3) is 0.136. The number of hydrogen-bond donors (Lipinski definition) is 2. The maximum Gasteiger partial charge on any atom is 0.328 e. The average molecular weight is 427 g/mol. The van der Waals surface area contributed by atoms with E-state index in [2.05, 4.69) is 31.0 Å². The molecule has 6 rings (SSSR count). The molecule has 0 aliphatic carbocycles. The number of imidazole rings is 2. The van der Waals surface area contributed by atoms with Crippen molar-refractivity contribution >= 4 is 22.2 Å². The number of hydrogen-bond acceptors (Lipinski definition) is 6. The Morgan fingerprint density at radius 1 is 1.16 bits per heavy atom. The van der Waals surface area contributed by atoms with Crippen LogP contribution < -0.4 is 10.4 Å². The molecule has 32 heavy (non-hydrogen) atoms. The molecular formula is C22H14FN7O2. The SMILES string of the molecule is N#Cc1ccc2nc(-c3ncc4[nH]c(=O)n([C@@H]5CCOc6cc(F)ccc65)c4n3)[nH]c2c1. The first-order valence-electron chi connectivity index (χ1n) is 9.90. The Kier molecular flexibility index (Phi) is 3.85. The van der Waals surface area contributed by atoms with Crippen LogP contribution in [0.3, 0.4) is 0 Å². The Morgan fingerprint density at radius 3 is 2.94 bits per heavy atom. The van der Waals surface area contributed by atoms with Gasteiger partial charge in [-0.25, -0.2) is 24.1 Å². The van der Waals surface area contributed by atoms with Crippen molar-refractivity contribution in [3.8, 4) is 23.5 Å². The number of H-pyrrole nitrogens is 2. The van der Waals surface area contributed by atoms with Gasteiger partial charge in [-0.3, -0.25) is 4.57 Å². The highest BCUT2D eigenvalue weighted by Gasteiger charge is 2.27. The molecular weight excluding hydrogens is 413 g/mol. The largest absolute Gasteiger partial charge is 0.493 e. The molecule has 3 aromatic heterocycles. The molecule has 10 heteroatoms. The molecule has 0 amide bonds. The van der Waals surface area contributed by atoms with Crippen LogP contribution in [0.15, 0.2) is 47.4 Å². The first-order valence-corrected chi connectivity index (χ1v) is 9.90. The smallest absolute Gasteiger partial charge is 0.328 e. The van der Waals surface area contributed by atoms with Gasteiger partial charge in [0.25, 0.3) is 0 Å². The van der Waals surface area contributed by atoms with E-state index in [9.17, 15) is 9.18 Å². The fourth-order valence-electron chi connectivity index (χ4n) is 4.12. The number of aromatic amines is 2. The number of benzene rings is 2. The third kappa shape index (κ3) is 2.75. The van der Waals surface area contributed by atoms with Crippen molar-refractivity contribution in [2.45, 2.75) is 12.5 Å². The zero-order valence-electron chi connectivity index (χ0n) is 16.5. The molecule has 156 valence electrons. The third-order valence-corrected chi connectivity index (χ3v) is 5.58. The lowest BCUT2D eigenvalue weighted by Crippen LogP contribution is -2.28. The summed E-state index contributed by atoms with van der Waals surface area (Å²) in [5.41, 5.74) is 3.16. The molecule has 0 unspecified atom stereocenters. The first-order chi connectivity index (χ1) is 15.6. The Labute approximate surface area is 179 Å². The lowest BCUT2D eigenvalue weighted by molar-refractivity contribution is 0.255. The summed E-state index contributed by atoms with van der Waals surface area (Å²) in [6.45, 7) is 0.350. The van der Waals surface area contributed by atoms with E-state index in [1.54, 1.807) is 28.8 Å². The minimum absolute atomic E-state index is 0.311. The molecule has 0 fully saturated rings. The van der Waals surface area contributed by atoms with Crippen LogP contribution in [-0.4, -0.2) is 36.1 Å². The summed E-state index contributed by atoms with van der Waals surface area (Å²) in [7, 11) is 0. The standard InChI is InChI=1S/C22H14FN7O2/c23-12-2-3-13-17(5-6-32-18(13)8-12)30-21-16(28-22(30)31)10-25-19(29-21)20-26-14-4-1-11(9-24)7-15(14)27-20/h1-4,7-8,10,17H,5-6H2,(H,26,27)(H,28,31)/t17-/m1/s1. The summed E-state index contributed by atoms with van der Waals surface area (Å²) >= 11 is 0. The van der Waals surface area contributed by atoms with Gasteiger partial charge in [-0.2, -0.15) is 5.26 Å². The fourth-order valence-corrected chi connectivity index (χ4v) is 4.12. The molecule has 4 heterocycles. The van der Waals surface area contributed by atoms with Crippen LogP contribution in [0.2, 0.25) is 0 Å². The van der Waals surface area contributed by atoms with Gasteiger partial charge in [0, 0.05) is 18.1 Å². The van der Waals surface area contributed by atoms with E-state index < -0.39 is 5.82 Å².